The van der Waals surface area contributed by atoms with E-state index in [0.717, 1.165) is 16.4 Å². The van der Waals surface area contributed by atoms with Gasteiger partial charge in [0.05, 0.1) is 11.2 Å². The fraction of sp³-hybridized carbons (Fsp3) is 0.375. The van der Waals surface area contributed by atoms with E-state index in [1.54, 1.807) is 11.3 Å². The van der Waals surface area contributed by atoms with E-state index in [2.05, 4.69) is 12.0 Å². The summed E-state index contributed by atoms with van der Waals surface area (Å²) >= 11 is 7.34. The van der Waals surface area contributed by atoms with Crippen molar-refractivity contribution in [3.05, 3.63) is 21.3 Å². The topological polar surface area (TPSA) is 15.6 Å². The van der Waals surface area contributed by atoms with Gasteiger partial charge in [0, 0.05) is 23.8 Å². The third kappa shape index (κ3) is 2.83. The van der Waals surface area contributed by atoms with Crippen molar-refractivity contribution in [1.29, 1.82) is 0 Å². The lowest BCUT2D eigenvalue weighted by Crippen LogP contribution is -2.09. The Balaban J connectivity index is 2.57. The van der Waals surface area contributed by atoms with Gasteiger partial charge in [-0.1, -0.05) is 11.6 Å². The average molecular weight is 203 g/mol. The molecule has 1 aromatic heterocycles. The Kier molecular flexibility index (Phi) is 3.56. The van der Waals surface area contributed by atoms with Gasteiger partial charge in [0.15, 0.2) is 0 Å². The first-order valence-corrected chi connectivity index (χ1v) is 4.97. The summed E-state index contributed by atoms with van der Waals surface area (Å²) in [4.78, 5) is 1.08. The second kappa shape index (κ2) is 4.48. The molecular formula is C8H11ClN2S. The van der Waals surface area contributed by atoms with Gasteiger partial charge in [-0.25, -0.2) is 0 Å². The zero-order valence-electron chi connectivity index (χ0n) is 7.12. The van der Waals surface area contributed by atoms with Crippen molar-refractivity contribution in [3.8, 4) is 0 Å². The molecule has 0 amide bonds. The van der Waals surface area contributed by atoms with Crippen molar-refractivity contribution in [3.63, 3.8) is 0 Å². The van der Waals surface area contributed by atoms with Gasteiger partial charge in [0.25, 0.3) is 0 Å². The minimum Gasteiger partial charge on any atom is -0.300 e. The Labute approximate surface area is 81.5 Å². The molecule has 0 radical (unpaired) electrons. The van der Waals surface area contributed by atoms with Gasteiger partial charge in [-0.05, 0) is 13.0 Å². The molecule has 4 heteroatoms. The summed E-state index contributed by atoms with van der Waals surface area (Å²) in [6.45, 7) is 2.97. The quantitative estimate of drug-likeness (QED) is 0.544. The predicted molar refractivity (Wildman–Crippen MR) is 55.2 cm³/mol. The summed E-state index contributed by atoms with van der Waals surface area (Å²) in [6, 6.07) is 1.90. The maximum absolute atomic E-state index is 5.74. The van der Waals surface area contributed by atoms with Crippen molar-refractivity contribution >= 4 is 29.2 Å². The predicted octanol–water partition coefficient (Wildman–Crippen LogP) is 2.69. The average Bonchev–Trinajstić information content (AvgIpc) is 2.47. The second-order valence-corrected chi connectivity index (χ2v) is 3.76. The van der Waals surface area contributed by atoms with Gasteiger partial charge < -0.3 is 5.01 Å². The highest BCUT2D eigenvalue weighted by Crippen LogP contribution is 2.17. The van der Waals surface area contributed by atoms with Gasteiger partial charge in [-0.2, -0.15) is 5.10 Å². The maximum atomic E-state index is 5.74. The molecule has 0 aliphatic rings. The van der Waals surface area contributed by atoms with Crippen LogP contribution in [0.3, 0.4) is 0 Å². The van der Waals surface area contributed by atoms with Gasteiger partial charge in [0.1, 0.15) is 0 Å². The van der Waals surface area contributed by atoms with Crippen molar-refractivity contribution in [2.24, 2.45) is 5.10 Å². The highest BCUT2D eigenvalue weighted by atomic mass is 35.5. The molecule has 66 valence electrons. The van der Waals surface area contributed by atoms with Crippen molar-refractivity contribution in [1.82, 2.24) is 5.01 Å². The lowest BCUT2D eigenvalue weighted by atomic mass is 10.5. The minimum absolute atomic E-state index is 0.778. The molecule has 0 N–H and O–H groups in total. The fourth-order valence-corrected chi connectivity index (χ4v) is 1.57. The number of halogens is 1. The van der Waals surface area contributed by atoms with E-state index in [1.165, 1.54) is 0 Å². The number of rotatable bonds is 3. The van der Waals surface area contributed by atoms with Crippen molar-refractivity contribution in [2.75, 3.05) is 13.6 Å². The second-order valence-electron chi connectivity index (χ2n) is 2.39. The van der Waals surface area contributed by atoms with Crippen LogP contribution in [0.1, 0.15) is 11.8 Å². The molecule has 1 rings (SSSR count). The molecule has 0 aromatic carbocycles. The molecule has 0 fully saturated rings. The first-order chi connectivity index (χ1) is 5.72. The molecule has 0 saturated heterocycles. The number of hydrogen-bond acceptors (Lipinski definition) is 3. The fourth-order valence-electron chi connectivity index (χ4n) is 0.633. The first kappa shape index (κ1) is 9.55. The minimum atomic E-state index is 0.778. The Morgan fingerprint density at radius 1 is 1.75 bits per heavy atom. The molecule has 0 spiro atoms. The zero-order valence-corrected chi connectivity index (χ0v) is 8.69. The Hall–Kier alpha value is -0.540. The summed E-state index contributed by atoms with van der Waals surface area (Å²) in [5, 5.41) is 8.73. The first-order valence-electron chi connectivity index (χ1n) is 3.71. The van der Waals surface area contributed by atoms with E-state index >= 15 is 0 Å². The Morgan fingerprint density at radius 2 is 2.50 bits per heavy atom. The SMILES string of the molecule is CCN(C)/N=C/c1cc(Cl)cs1. The van der Waals surface area contributed by atoms with Gasteiger partial charge >= 0.3 is 0 Å². The Morgan fingerprint density at radius 3 is 3.00 bits per heavy atom. The third-order valence-corrected chi connectivity index (χ3v) is 2.64. The van der Waals surface area contributed by atoms with E-state index in [-0.39, 0.29) is 0 Å². The van der Waals surface area contributed by atoms with Crippen LogP contribution in [-0.4, -0.2) is 24.8 Å². The normalized spacial score (nSPS) is 10.9. The van der Waals surface area contributed by atoms with Crippen LogP contribution in [0.5, 0.6) is 0 Å². The molecule has 0 saturated carbocycles. The molecule has 1 heterocycles. The monoisotopic (exact) mass is 202 g/mol. The molecule has 12 heavy (non-hydrogen) atoms. The van der Waals surface area contributed by atoms with Crippen LogP contribution < -0.4 is 0 Å². The molecule has 1 aromatic rings. The molecule has 2 nitrogen and oxygen atoms in total. The molecule has 0 atom stereocenters. The third-order valence-electron chi connectivity index (χ3n) is 1.43. The van der Waals surface area contributed by atoms with Crippen LogP contribution in [0, 0.1) is 0 Å². The van der Waals surface area contributed by atoms with E-state index in [0.29, 0.717) is 0 Å². The van der Waals surface area contributed by atoms with Crippen LogP contribution in [0.15, 0.2) is 16.5 Å². The van der Waals surface area contributed by atoms with Crippen LogP contribution in [0.2, 0.25) is 5.02 Å². The van der Waals surface area contributed by atoms with Crippen LogP contribution in [0.4, 0.5) is 0 Å². The standard InChI is InChI=1S/C8H11ClN2S/c1-3-11(2)10-5-8-4-7(9)6-12-8/h4-6H,3H2,1-2H3/b10-5+. The van der Waals surface area contributed by atoms with E-state index in [1.807, 2.05) is 29.7 Å². The molecule has 0 bridgehead atoms. The summed E-state index contributed by atoms with van der Waals surface area (Å²) in [7, 11) is 1.94. The van der Waals surface area contributed by atoms with Crippen LogP contribution in [0.25, 0.3) is 0 Å². The van der Waals surface area contributed by atoms with E-state index < -0.39 is 0 Å². The Bertz CT molecular complexity index is 270. The highest BCUT2D eigenvalue weighted by molar-refractivity contribution is 7.12. The van der Waals surface area contributed by atoms with Crippen LogP contribution >= 0.6 is 22.9 Å². The number of thiophene rings is 1. The molecule has 0 aliphatic carbocycles. The van der Waals surface area contributed by atoms with Crippen molar-refractivity contribution < 1.29 is 0 Å². The van der Waals surface area contributed by atoms with Gasteiger partial charge in [0.2, 0.25) is 0 Å². The van der Waals surface area contributed by atoms with Gasteiger partial charge in [-0.3, -0.25) is 0 Å². The lowest BCUT2D eigenvalue weighted by Gasteiger charge is -2.06. The number of hydrogen-bond donors (Lipinski definition) is 0. The molecule has 0 aliphatic heterocycles. The lowest BCUT2D eigenvalue weighted by molar-refractivity contribution is 0.377. The number of hydrazone groups is 1. The van der Waals surface area contributed by atoms with Crippen LogP contribution in [-0.2, 0) is 0 Å². The highest BCUT2D eigenvalue weighted by Gasteiger charge is 1.93. The zero-order chi connectivity index (χ0) is 8.97. The summed E-state index contributed by atoms with van der Waals surface area (Å²) in [5.41, 5.74) is 0. The summed E-state index contributed by atoms with van der Waals surface area (Å²) in [5.74, 6) is 0. The largest absolute Gasteiger partial charge is 0.300 e. The number of nitrogens with zero attached hydrogens (tertiary/aromatic N) is 2. The van der Waals surface area contributed by atoms with E-state index in [4.69, 9.17) is 11.6 Å². The summed E-state index contributed by atoms with van der Waals surface area (Å²) in [6.07, 6.45) is 1.82. The maximum Gasteiger partial charge on any atom is 0.0643 e. The van der Waals surface area contributed by atoms with Gasteiger partial charge in [-0.15, -0.1) is 11.3 Å². The molecular weight excluding hydrogens is 192 g/mol. The summed E-state index contributed by atoms with van der Waals surface area (Å²) < 4.78 is 0. The molecule has 0 unspecified atom stereocenters. The smallest absolute Gasteiger partial charge is 0.0643 e. The van der Waals surface area contributed by atoms with E-state index in [9.17, 15) is 0 Å². The van der Waals surface area contributed by atoms with Crippen molar-refractivity contribution in [2.45, 2.75) is 6.92 Å².